The van der Waals surface area contributed by atoms with Crippen LogP contribution in [0.2, 0.25) is 0 Å². The predicted molar refractivity (Wildman–Crippen MR) is 209 cm³/mol. The van der Waals surface area contributed by atoms with Crippen LogP contribution >= 0.6 is 11.3 Å². The quantitative estimate of drug-likeness (QED) is 0.185. The Labute approximate surface area is 292 Å². The van der Waals surface area contributed by atoms with E-state index in [2.05, 4.69) is 114 Å². The maximum atomic E-state index is 5.05. The first kappa shape index (κ1) is 28.6. The van der Waals surface area contributed by atoms with Crippen LogP contribution in [0.1, 0.15) is 0 Å². The standard InChI is InChI=1S/C45H28N4S/c1-4-13-29(14-5-1)32-23-24-35-37-25-26-38-36-21-10-11-22-40(36)50-42(38)41(37)49(39(35)28-32)34-20-12-19-33(27-34)45-47-43(30-15-6-2-7-16-30)46-44(48-45)31-17-8-3-9-18-31/h1-28H. The van der Waals surface area contributed by atoms with Crippen LogP contribution < -0.4 is 0 Å². The molecule has 0 N–H and O–H groups in total. The number of fused-ring (bicyclic) bond motifs is 7. The Morgan fingerprint density at radius 2 is 0.940 bits per heavy atom. The third-order valence-corrected chi connectivity index (χ3v) is 10.6. The Balaban J connectivity index is 1.24. The van der Waals surface area contributed by atoms with Crippen molar-refractivity contribution in [1.82, 2.24) is 19.5 Å². The lowest BCUT2D eigenvalue weighted by atomic mass is 10.0. The molecule has 4 nitrogen and oxygen atoms in total. The van der Waals surface area contributed by atoms with Crippen molar-refractivity contribution in [3.63, 3.8) is 0 Å². The fourth-order valence-corrected chi connectivity index (χ4v) is 8.32. The minimum atomic E-state index is 0.636. The number of hydrogen-bond acceptors (Lipinski definition) is 4. The molecule has 0 aliphatic carbocycles. The molecule has 5 heteroatoms. The van der Waals surface area contributed by atoms with Crippen LogP contribution in [-0.2, 0) is 0 Å². The molecule has 0 amide bonds. The van der Waals surface area contributed by atoms with Crippen molar-refractivity contribution >= 4 is 53.3 Å². The van der Waals surface area contributed by atoms with Gasteiger partial charge in [-0.25, -0.2) is 15.0 Å². The molecule has 0 fully saturated rings. The SMILES string of the molecule is c1ccc(-c2ccc3c4ccc5c6ccccc6sc5c4n(-c4cccc(-c5nc(-c6ccccc6)nc(-c6ccccc6)n5)c4)c3c2)cc1. The third kappa shape index (κ3) is 4.71. The summed E-state index contributed by atoms with van der Waals surface area (Å²) < 4.78 is 5.01. The minimum Gasteiger partial charge on any atom is -0.308 e. The van der Waals surface area contributed by atoms with E-state index in [1.54, 1.807) is 0 Å². The van der Waals surface area contributed by atoms with Gasteiger partial charge in [-0.05, 0) is 35.4 Å². The zero-order valence-corrected chi connectivity index (χ0v) is 27.7. The van der Waals surface area contributed by atoms with Crippen LogP contribution in [-0.4, -0.2) is 19.5 Å². The van der Waals surface area contributed by atoms with E-state index >= 15 is 0 Å². The number of thiophene rings is 1. The maximum Gasteiger partial charge on any atom is 0.164 e. The van der Waals surface area contributed by atoms with Gasteiger partial charge in [-0.15, -0.1) is 11.3 Å². The summed E-state index contributed by atoms with van der Waals surface area (Å²) in [7, 11) is 0. The van der Waals surface area contributed by atoms with Gasteiger partial charge >= 0.3 is 0 Å². The van der Waals surface area contributed by atoms with Crippen LogP contribution in [0.15, 0.2) is 170 Å². The molecule has 0 unspecified atom stereocenters. The first-order chi connectivity index (χ1) is 24.8. The van der Waals surface area contributed by atoms with Gasteiger partial charge in [0.25, 0.3) is 0 Å². The van der Waals surface area contributed by atoms with E-state index in [0.29, 0.717) is 17.5 Å². The van der Waals surface area contributed by atoms with Gasteiger partial charge in [0.15, 0.2) is 17.5 Å². The lowest BCUT2D eigenvalue weighted by Crippen LogP contribution is -2.01. The van der Waals surface area contributed by atoms with Crippen LogP contribution in [0.3, 0.4) is 0 Å². The molecule has 0 spiro atoms. The number of rotatable bonds is 5. The summed E-state index contributed by atoms with van der Waals surface area (Å²) in [6, 6.07) is 59.7. The van der Waals surface area contributed by atoms with Gasteiger partial charge in [0.1, 0.15) is 0 Å². The second kappa shape index (κ2) is 11.6. The maximum absolute atomic E-state index is 5.05. The lowest BCUT2D eigenvalue weighted by molar-refractivity contribution is 1.07. The molecule has 0 saturated heterocycles. The van der Waals surface area contributed by atoms with E-state index in [9.17, 15) is 0 Å². The van der Waals surface area contributed by atoms with Gasteiger partial charge in [0.05, 0.1) is 15.7 Å². The monoisotopic (exact) mass is 656 g/mol. The van der Waals surface area contributed by atoms with Crippen molar-refractivity contribution in [3.05, 3.63) is 170 Å². The molecule has 10 aromatic rings. The largest absolute Gasteiger partial charge is 0.308 e. The number of aromatic nitrogens is 4. The predicted octanol–water partition coefficient (Wildman–Crippen LogP) is 12.0. The Hall–Kier alpha value is -6.43. The summed E-state index contributed by atoms with van der Waals surface area (Å²) in [4.78, 5) is 15.0. The molecular formula is C45H28N4S. The van der Waals surface area contributed by atoms with Crippen LogP contribution in [0.25, 0.3) is 93.0 Å². The fraction of sp³-hybridized carbons (Fsp3) is 0. The Kier molecular flexibility index (Phi) is 6.64. The lowest BCUT2D eigenvalue weighted by Gasteiger charge is -2.12. The fourth-order valence-electron chi connectivity index (χ4n) is 7.08. The highest BCUT2D eigenvalue weighted by Crippen LogP contribution is 2.44. The molecule has 0 saturated carbocycles. The highest BCUT2D eigenvalue weighted by molar-refractivity contribution is 7.26. The second-order valence-corrected chi connectivity index (χ2v) is 13.5. The smallest absolute Gasteiger partial charge is 0.164 e. The zero-order valence-electron chi connectivity index (χ0n) is 26.9. The van der Waals surface area contributed by atoms with E-state index in [1.165, 1.54) is 47.6 Å². The van der Waals surface area contributed by atoms with Crippen molar-refractivity contribution in [3.8, 4) is 51.0 Å². The van der Waals surface area contributed by atoms with Crippen LogP contribution in [0.4, 0.5) is 0 Å². The molecular weight excluding hydrogens is 629 g/mol. The molecule has 3 heterocycles. The van der Waals surface area contributed by atoms with E-state index < -0.39 is 0 Å². The summed E-state index contributed by atoms with van der Waals surface area (Å²) in [6.45, 7) is 0. The average Bonchev–Trinajstić information content (AvgIpc) is 3.74. The van der Waals surface area contributed by atoms with Crippen LogP contribution in [0, 0.1) is 0 Å². The number of benzene rings is 7. The molecule has 0 atom stereocenters. The van der Waals surface area contributed by atoms with E-state index in [1.807, 2.05) is 72.0 Å². The molecule has 234 valence electrons. The van der Waals surface area contributed by atoms with Gasteiger partial charge < -0.3 is 4.57 Å². The Morgan fingerprint density at radius 1 is 0.380 bits per heavy atom. The van der Waals surface area contributed by atoms with Gasteiger partial charge in [0.2, 0.25) is 0 Å². The van der Waals surface area contributed by atoms with Gasteiger partial charge in [-0.3, -0.25) is 0 Å². The summed E-state index contributed by atoms with van der Waals surface area (Å²) in [5.41, 5.74) is 8.64. The first-order valence-corrected chi connectivity index (χ1v) is 17.5. The van der Waals surface area contributed by atoms with Crippen molar-refractivity contribution < 1.29 is 0 Å². The topological polar surface area (TPSA) is 43.6 Å². The number of nitrogens with zero attached hydrogens (tertiary/aromatic N) is 4. The van der Waals surface area contributed by atoms with E-state index in [0.717, 1.165) is 27.9 Å². The number of hydrogen-bond donors (Lipinski definition) is 0. The van der Waals surface area contributed by atoms with Crippen molar-refractivity contribution in [2.24, 2.45) is 0 Å². The van der Waals surface area contributed by atoms with Crippen molar-refractivity contribution in [2.75, 3.05) is 0 Å². The average molecular weight is 657 g/mol. The van der Waals surface area contributed by atoms with Crippen LogP contribution in [0.5, 0.6) is 0 Å². The molecule has 0 bridgehead atoms. The Morgan fingerprint density at radius 3 is 1.64 bits per heavy atom. The summed E-state index contributed by atoms with van der Waals surface area (Å²) in [6.07, 6.45) is 0. The van der Waals surface area contributed by atoms with Gasteiger partial charge in [0, 0.05) is 48.6 Å². The molecule has 10 rings (SSSR count). The summed E-state index contributed by atoms with van der Waals surface area (Å²) >= 11 is 1.86. The second-order valence-electron chi connectivity index (χ2n) is 12.5. The molecule has 7 aromatic carbocycles. The molecule has 3 aromatic heterocycles. The third-order valence-electron chi connectivity index (χ3n) is 9.44. The van der Waals surface area contributed by atoms with Gasteiger partial charge in [-0.2, -0.15) is 0 Å². The van der Waals surface area contributed by atoms with Crippen molar-refractivity contribution in [1.29, 1.82) is 0 Å². The molecule has 0 aliphatic rings. The highest BCUT2D eigenvalue weighted by atomic mass is 32.1. The van der Waals surface area contributed by atoms with Crippen molar-refractivity contribution in [2.45, 2.75) is 0 Å². The molecule has 0 radical (unpaired) electrons. The van der Waals surface area contributed by atoms with E-state index in [4.69, 9.17) is 15.0 Å². The van der Waals surface area contributed by atoms with E-state index in [-0.39, 0.29) is 0 Å². The zero-order chi connectivity index (χ0) is 33.0. The minimum absolute atomic E-state index is 0.636. The Bertz CT molecular complexity index is 2800. The normalized spacial score (nSPS) is 11.6. The molecule has 50 heavy (non-hydrogen) atoms. The first-order valence-electron chi connectivity index (χ1n) is 16.7. The highest BCUT2D eigenvalue weighted by Gasteiger charge is 2.20. The summed E-state index contributed by atoms with van der Waals surface area (Å²) in [5, 5.41) is 5.03. The molecule has 0 aliphatic heterocycles. The summed E-state index contributed by atoms with van der Waals surface area (Å²) in [5.74, 6) is 1.93. The van der Waals surface area contributed by atoms with Gasteiger partial charge in [-0.1, -0.05) is 146 Å².